The largest absolute Gasteiger partial charge is 0.383 e. The first-order chi connectivity index (χ1) is 8.20. The lowest BCUT2D eigenvalue weighted by Gasteiger charge is -2.15. The van der Waals surface area contributed by atoms with Crippen molar-refractivity contribution < 1.29 is 4.74 Å². The van der Waals surface area contributed by atoms with Gasteiger partial charge in [0.2, 0.25) is 0 Å². The van der Waals surface area contributed by atoms with Gasteiger partial charge < -0.3 is 10.1 Å². The van der Waals surface area contributed by atoms with Gasteiger partial charge in [-0.1, -0.05) is 11.6 Å². The number of nitrogens with zero attached hydrogens (tertiary/aromatic N) is 1. The number of hydrogen-bond donors (Lipinski definition) is 1. The van der Waals surface area contributed by atoms with Crippen molar-refractivity contribution in [3.63, 3.8) is 0 Å². The Morgan fingerprint density at radius 3 is 3.00 bits per heavy atom. The molecule has 1 aromatic heterocycles. The van der Waals surface area contributed by atoms with Crippen LogP contribution in [0.25, 0.3) is 10.9 Å². The molecule has 0 spiro atoms. The molecule has 0 aliphatic heterocycles. The van der Waals surface area contributed by atoms with E-state index in [9.17, 15) is 0 Å². The summed E-state index contributed by atoms with van der Waals surface area (Å²) in [6.07, 6.45) is 1.78. The predicted octanol–water partition coefficient (Wildman–Crippen LogP) is 3.34. The molecule has 0 saturated heterocycles. The molecular weight excluding hydrogens is 236 g/mol. The zero-order chi connectivity index (χ0) is 12.3. The Balaban J connectivity index is 2.34. The zero-order valence-electron chi connectivity index (χ0n) is 9.90. The molecule has 0 fully saturated rings. The van der Waals surface area contributed by atoms with Crippen molar-refractivity contribution in [3.8, 4) is 0 Å². The lowest BCUT2D eigenvalue weighted by Crippen LogP contribution is -2.20. The lowest BCUT2D eigenvalue weighted by molar-refractivity contribution is 0.190. The lowest BCUT2D eigenvalue weighted by atomic mass is 10.1. The number of methoxy groups -OCH3 is 1. The number of ether oxygens (including phenoxy) is 1. The van der Waals surface area contributed by atoms with E-state index in [0.29, 0.717) is 11.6 Å². The summed E-state index contributed by atoms with van der Waals surface area (Å²) in [4.78, 5) is 4.30. The first kappa shape index (κ1) is 12.1. The van der Waals surface area contributed by atoms with Crippen molar-refractivity contribution >= 4 is 28.2 Å². The summed E-state index contributed by atoms with van der Waals surface area (Å²) in [6.45, 7) is 2.74. The van der Waals surface area contributed by atoms with E-state index in [-0.39, 0.29) is 6.04 Å². The fraction of sp³-hybridized carbons (Fsp3) is 0.308. The molecule has 90 valence electrons. The number of aromatic nitrogens is 1. The van der Waals surface area contributed by atoms with E-state index in [1.165, 1.54) is 0 Å². The second-order valence-electron chi connectivity index (χ2n) is 4.02. The van der Waals surface area contributed by atoms with Gasteiger partial charge in [-0.2, -0.15) is 0 Å². The Hall–Kier alpha value is -1.32. The minimum atomic E-state index is 0.251. The SMILES string of the molecule is COCC(C)Nc1ccnc2cc(Cl)ccc12. The smallest absolute Gasteiger partial charge is 0.0737 e. The Bertz CT molecular complexity index is 516. The monoisotopic (exact) mass is 250 g/mol. The molecule has 3 nitrogen and oxygen atoms in total. The normalized spacial score (nSPS) is 12.6. The maximum atomic E-state index is 5.95. The predicted molar refractivity (Wildman–Crippen MR) is 71.7 cm³/mol. The van der Waals surface area contributed by atoms with Crippen LogP contribution in [0.5, 0.6) is 0 Å². The highest BCUT2D eigenvalue weighted by atomic mass is 35.5. The molecule has 1 aromatic carbocycles. The van der Waals surface area contributed by atoms with Gasteiger partial charge in [-0.05, 0) is 31.2 Å². The Labute approximate surface area is 106 Å². The summed E-state index contributed by atoms with van der Waals surface area (Å²) in [6, 6.07) is 7.93. The highest BCUT2D eigenvalue weighted by molar-refractivity contribution is 6.31. The van der Waals surface area contributed by atoms with Crippen molar-refractivity contribution in [2.24, 2.45) is 0 Å². The van der Waals surface area contributed by atoms with Crippen molar-refractivity contribution in [2.75, 3.05) is 19.0 Å². The van der Waals surface area contributed by atoms with E-state index >= 15 is 0 Å². The number of pyridine rings is 1. The summed E-state index contributed by atoms with van der Waals surface area (Å²) >= 11 is 5.95. The summed E-state index contributed by atoms with van der Waals surface area (Å²) < 4.78 is 5.11. The average Bonchev–Trinajstić information content (AvgIpc) is 2.29. The summed E-state index contributed by atoms with van der Waals surface area (Å²) in [5.74, 6) is 0. The molecule has 2 rings (SSSR count). The molecule has 1 N–H and O–H groups in total. The minimum absolute atomic E-state index is 0.251. The van der Waals surface area contributed by atoms with Gasteiger partial charge in [0.1, 0.15) is 0 Å². The van der Waals surface area contributed by atoms with E-state index in [1.54, 1.807) is 13.3 Å². The molecule has 1 atom stereocenters. The minimum Gasteiger partial charge on any atom is -0.383 e. The highest BCUT2D eigenvalue weighted by Crippen LogP contribution is 2.24. The Morgan fingerprint density at radius 1 is 1.41 bits per heavy atom. The topological polar surface area (TPSA) is 34.1 Å². The van der Waals surface area contributed by atoms with Crippen molar-refractivity contribution in [3.05, 3.63) is 35.5 Å². The molecule has 1 unspecified atom stereocenters. The first-order valence-electron chi connectivity index (χ1n) is 5.50. The van der Waals surface area contributed by atoms with E-state index in [1.807, 2.05) is 24.3 Å². The van der Waals surface area contributed by atoms with Crippen LogP contribution in [0.15, 0.2) is 30.5 Å². The maximum absolute atomic E-state index is 5.95. The van der Waals surface area contributed by atoms with Gasteiger partial charge in [0.05, 0.1) is 12.1 Å². The van der Waals surface area contributed by atoms with Crippen LogP contribution >= 0.6 is 11.6 Å². The van der Waals surface area contributed by atoms with Crippen LogP contribution in [0.1, 0.15) is 6.92 Å². The summed E-state index contributed by atoms with van der Waals surface area (Å²) in [7, 11) is 1.70. The Morgan fingerprint density at radius 2 is 2.24 bits per heavy atom. The fourth-order valence-corrected chi connectivity index (χ4v) is 1.97. The second-order valence-corrected chi connectivity index (χ2v) is 4.46. The number of fused-ring (bicyclic) bond motifs is 1. The molecular formula is C13H15ClN2O. The molecule has 0 aliphatic carbocycles. The van der Waals surface area contributed by atoms with Gasteiger partial charge in [-0.3, -0.25) is 4.98 Å². The molecule has 0 radical (unpaired) electrons. The van der Waals surface area contributed by atoms with Crippen LogP contribution in [-0.2, 0) is 4.74 Å². The molecule has 0 aliphatic rings. The number of nitrogens with one attached hydrogen (secondary N) is 1. The van der Waals surface area contributed by atoms with Crippen LogP contribution in [0, 0.1) is 0 Å². The molecule has 0 saturated carbocycles. The summed E-state index contributed by atoms with van der Waals surface area (Å²) in [5.41, 5.74) is 1.95. The van der Waals surface area contributed by atoms with E-state index in [4.69, 9.17) is 16.3 Å². The standard InChI is InChI=1S/C13H15ClN2O/c1-9(8-17-2)16-12-5-6-15-13-7-10(14)3-4-11(12)13/h3-7,9H,8H2,1-2H3,(H,15,16). The number of anilines is 1. The average molecular weight is 251 g/mol. The maximum Gasteiger partial charge on any atom is 0.0737 e. The Kier molecular flexibility index (Phi) is 3.82. The number of halogens is 1. The van der Waals surface area contributed by atoms with Gasteiger partial charge in [-0.25, -0.2) is 0 Å². The molecule has 1 heterocycles. The van der Waals surface area contributed by atoms with Crippen LogP contribution in [0.3, 0.4) is 0 Å². The van der Waals surface area contributed by atoms with E-state index in [2.05, 4.69) is 17.2 Å². The summed E-state index contributed by atoms with van der Waals surface area (Å²) in [5, 5.41) is 5.17. The van der Waals surface area contributed by atoms with Gasteiger partial charge in [0.15, 0.2) is 0 Å². The van der Waals surface area contributed by atoms with Gasteiger partial charge in [-0.15, -0.1) is 0 Å². The highest BCUT2D eigenvalue weighted by Gasteiger charge is 2.05. The third kappa shape index (κ3) is 2.87. The van der Waals surface area contributed by atoms with Gasteiger partial charge in [0, 0.05) is 35.4 Å². The van der Waals surface area contributed by atoms with Crippen LogP contribution < -0.4 is 5.32 Å². The zero-order valence-corrected chi connectivity index (χ0v) is 10.7. The van der Waals surface area contributed by atoms with E-state index < -0.39 is 0 Å². The molecule has 0 bridgehead atoms. The van der Waals surface area contributed by atoms with Crippen molar-refractivity contribution in [2.45, 2.75) is 13.0 Å². The van der Waals surface area contributed by atoms with E-state index in [0.717, 1.165) is 16.6 Å². The van der Waals surface area contributed by atoms with Crippen molar-refractivity contribution in [1.82, 2.24) is 4.98 Å². The fourth-order valence-electron chi connectivity index (χ4n) is 1.80. The van der Waals surface area contributed by atoms with Crippen LogP contribution in [-0.4, -0.2) is 24.7 Å². The third-order valence-corrected chi connectivity index (χ3v) is 2.76. The first-order valence-corrected chi connectivity index (χ1v) is 5.88. The third-order valence-electron chi connectivity index (χ3n) is 2.52. The molecule has 2 aromatic rings. The molecule has 4 heteroatoms. The number of rotatable bonds is 4. The van der Waals surface area contributed by atoms with Gasteiger partial charge in [0.25, 0.3) is 0 Å². The number of benzene rings is 1. The van der Waals surface area contributed by atoms with Crippen molar-refractivity contribution in [1.29, 1.82) is 0 Å². The molecule has 17 heavy (non-hydrogen) atoms. The number of hydrogen-bond acceptors (Lipinski definition) is 3. The van der Waals surface area contributed by atoms with Gasteiger partial charge >= 0.3 is 0 Å². The van der Waals surface area contributed by atoms with Crippen LogP contribution in [0.4, 0.5) is 5.69 Å². The molecule has 0 amide bonds. The second kappa shape index (κ2) is 5.34. The van der Waals surface area contributed by atoms with Crippen LogP contribution in [0.2, 0.25) is 5.02 Å². The quantitative estimate of drug-likeness (QED) is 0.904.